The van der Waals surface area contributed by atoms with Gasteiger partial charge in [-0.3, -0.25) is 0 Å². The number of carbonyl (C=O) groups is 1. The predicted octanol–water partition coefficient (Wildman–Crippen LogP) is 5.16. The minimum Gasteiger partial charge on any atom is -0.434 e. The van der Waals surface area contributed by atoms with Gasteiger partial charge in [0.1, 0.15) is 5.75 Å². The first-order chi connectivity index (χ1) is 10.6. The van der Waals surface area contributed by atoms with E-state index < -0.39 is 6.16 Å². The van der Waals surface area contributed by atoms with Crippen LogP contribution < -0.4 is 4.74 Å². The molecule has 3 heteroatoms. The van der Waals surface area contributed by atoms with Gasteiger partial charge in [-0.2, -0.15) is 0 Å². The van der Waals surface area contributed by atoms with Crippen LogP contribution in [0.4, 0.5) is 4.79 Å². The fraction of sp³-hybridized carbons (Fsp3) is 0.211. The van der Waals surface area contributed by atoms with E-state index in [0.29, 0.717) is 12.4 Å². The maximum Gasteiger partial charge on any atom is 0.513 e. The summed E-state index contributed by atoms with van der Waals surface area (Å²) < 4.78 is 10.4. The topological polar surface area (TPSA) is 35.5 Å². The molecule has 0 aliphatic carbocycles. The van der Waals surface area contributed by atoms with E-state index in [1.54, 1.807) is 6.07 Å². The van der Waals surface area contributed by atoms with Crippen LogP contribution in [0.1, 0.15) is 13.8 Å². The Hall–Kier alpha value is -2.55. The average molecular weight is 294 g/mol. The van der Waals surface area contributed by atoms with Crippen molar-refractivity contribution in [3.63, 3.8) is 0 Å². The minimum atomic E-state index is -0.658. The number of fused-ring (bicyclic) bond motifs is 2. The Bertz CT molecular complexity index is 821. The number of rotatable bonds is 3. The smallest absolute Gasteiger partial charge is 0.434 e. The lowest BCUT2D eigenvalue weighted by Crippen LogP contribution is -2.14. The summed E-state index contributed by atoms with van der Waals surface area (Å²) in [5.41, 5.74) is 0. The van der Waals surface area contributed by atoms with Crippen molar-refractivity contribution < 1.29 is 14.3 Å². The lowest BCUT2D eigenvalue weighted by Gasteiger charge is -2.10. The van der Waals surface area contributed by atoms with Crippen LogP contribution in [0.2, 0.25) is 0 Å². The molecule has 22 heavy (non-hydrogen) atoms. The fourth-order valence-electron chi connectivity index (χ4n) is 2.38. The molecule has 0 unspecified atom stereocenters. The van der Waals surface area contributed by atoms with Gasteiger partial charge >= 0.3 is 6.16 Å². The summed E-state index contributed by atoms with van der Waals surface area (Å²) in [5.74, 6) is 0.807. The van der Waals surface area contributed by atoms with Gasteiger partial charge in [0.25, 0.3) is 0 Å². The molecule has 0 amide bonds. The van der Waals surface area contributed by atoms with Crippen molar-refractivity contribution in [3.8, 4) is 5.75 Å². The molecule has 3 rings (SSSR count). The molecular formula is C19H18O3. The standard InChI is InChI=1S/C19H18O3/c1-13(2)12-21-19(20)22-18-9-5-8-16-10-14-6-3-4-7-15(14)11-17(16)18/h3-11,13H,12H2,1-2H3. The molecule has 0 bridgehead atoms. The van der Waals surface area contributed by atoms with Gasteiger partial charge in [0, 0.05) is 5.39 Å². The van der Waals surface area contributed by atoms with Crippen molar-refractivity contribution in [1.29, 1.82) is 0 Å². The first kappa shape index (κ1) is 14.4. The lowest BCUT2D eigenvalue weighted by atomic mass is 10.0. The molecular weight excluding hydrogens is 276 g/mol. The van der Waals surface area contributed by atoms with E-state index in [-0.39, 0.29) is 5.92 Å². The van der Waals surface area contributed by atoms with E-state index in [1.807, 2.05) is 50.2 Å². The van der Waals surface area contributed by atoms with E-state index in [4.69, 9.17) is 9.47 Å². The Balaban J connectivity index is 1.95. The van der Waals surface area contributed by atoms with Crippen LogP contribution in [-0.4, -0.2) is 12.8 Å². The summed E-state index contributed by atoms with van der Waals surface area (Å²) in [6, 6.07) is 17.9. The molecule has 0 aromatic heterocycles. The van der Waals surface area contributed by atoms with E-state index >= 15 is 0 Å². The highest BCUT2D eigenvalue weighted by Crippen LogP contribution is 2.30. The van der Waals surface area contributed by atoms with Gasteiger partial charge in [-0.05, 0) is 40.3 Å². The van der Waals surface area contributed by atoms with Gasteiger partial charge in [0.2, 0.25) is 0 Å². The van der Waals surface area contributed by atoms with Crippen molar-refractivity contribution in [3.05, 3.63) is 54.6 Å². The second kappa shape index (κ2) is 6.06. The summed E-state index contributed by atoms with van der Waals surface area (Å²) in [7, 11) is 0. The zero-order chi connectivity index (χ0) is 15.5. The zero-order valence-corrected chi connectivity index (χ0v) is 12.7. The second-order valence-electron chi connectivity index (χ2n) is 5.73. The summed E-state index contributed by atoms with van der Waals surface area (Å²) in [5, 5.41) is 4.21. The minimum absolute atomic E-state index is 0.281. The molecule has 0 N–H and O–H groups in total. The van der Waals surface area contributed by atoms with Gasteiger partial charge in [-0.25, -0.2) is 4.79 Å². The SMILES string of the molecule is CC(C)COC(=O)Oc1cccc2cc3ccccc3cc12. The fourth-order valence-corrected chi connectivity index (χ4v) is 2.38. The number of carbonyl (C=O) groups excluding carboxylic acids is 1. The largest absolute Gasteiger partial charge is 0.513 e. The summed E-state index contributed by atoms with van der Waals surface area (Å²) in [6.45, 7) is 4.32. The average Bonchev–Trinajstić information content (AvgIpc) is 2.51. The van der Waals surface area contributed by atoms with Gasteiger partial charge in [0.05, 0.1) is 6.61 Å². The van der Waals surface area contributed by atoms with Gasteiger partial charge in [0.15, 0.2) is 0 Å². The third-order valence-electron chi connectivity index (χ3n) is 3.43. The molecule has 112 valence electrons. The van der Waals surface area contributed by atoms with E-state index in [0.717, 1.165) is 21.5 Å². The van der Waals surface area contributed by atoms with Gasteiger partial charge in [-0.1, -0.05) is 50.2 Å². The highest BCUT2D eigenvalue weighted by molar-refractivity contribution is 6.01. The van der Waals surface area contributed by atoms with Gasteiger partial charge in [-0.15, -0.1) is 0 Å². The van der Waals surface area contributed by atoms with Gasteiger partial charge < -0.3 is 9.47 Å². The molecule has 3 aromatic rings. The van der Waals surface area contributed by atoms with Crippen LogP contribution in [0, 0.1) is 5.92 Å². The molecule has 0 atom stereocenters. The predicted molar refractivity (Wildman–Crippen MR) is 88.3 cm³/mol. The second-order valence-corrected chi connectivity index (χ2v) is 5.73. The molecule has 3 nitrogen and oxygen atoms in total. The molecule has 0 radical (unpaired) electrons. The first-order valence-electron chi connectivity index (χ1n) is 7.39. The van der Waals surface area contributed by atoms with Crippen molar-refractivity contribution >= 4 is 27.7 Å². The van der Waals surface area contributed by atoms with E-state index in [2.05, 4.69) is 12.1 Å². The van der Waals surface area contributed by atoms with Crippen molar-refractivity contribution in [2.45, 2.75) is 13.8 Å². The third kappa shape index (κ3) is 3.03. The Morgan fingerprint density at radius 2 is 1.64 bits per heavy atom. The third-order valence-corrected chi connectivity index (χ3v) is 3.43. The van der Waals surface area contributed by atoms with Crippen molar-refractivity contribution in [2.24, 2.45) is 5.92 Å². The van der Waals surface area contributed by atoms with Crippen LogP contribution >= 0.6 is 0 Å². The van der Waals surface area contributed by atoms with Crippen LogP contribution in [0.3, 0.4) is 0 Å². The number of benzene rings is 3. The molecule has 0 spiro atoms. The monoisotopic (exact) mass is 294 g/mol. The molecule has 0 heterocycles. The number of hydrogen-bond donors (Lipinski definition) is 0. The highest BCUT2D eigenvalue weighted by Gasteiger charge is 2.10. The normalized spacial score (nSPS) is 11.0. The summed E-state index contributed by atoms with van der Waals surface area (Å²) in [4.78, 5) is 11.8. The number of hydrogen-bond acceptors (Lipinski definition) is 3. The summed E-state index contributed by atoms with van der Waals surface area (Å²) >= 11 is 0. The van der Waals surface area contributed by atoms with Crippen molar-refractivity contribution in [1.82, 2.24) is 0 Å². The van der Waals surface area contributed by atoms with Crippen LogP contribution in [-0.2, 0) is 4.74 Å². The molecule has 0 saturated carbocycles. The molecule has 0 saturated heterocycles. The van der Waals surface area contributed by atoms with E-state index in [1.165, 1.54) is 0 Å². The Kier molecular flexibility index (Phi) is 3.96. The first-order valence-corrected chi connectivity index (χ1v) is 7.39. The molecule has 0 aliphatic heterocycles. The maximum absolute atomic E-state index is 11.8. The summed E-state index contributed by atoms with van der Waals surface area (Å²) in [6.07, 6.45) is -0.658. The number of ether oxygens (including phenoxy) is 2. The van der Waals surface area contributed by atoms with Crippen LogP contribution in [0.15, 0.2) is 54.6 Å². The van der Waals surface area contributed by atoms with Crippen molar-refractivity contribution in [2.75, 3.05) is 6.61 Å². The zero-order valence-electron chi connectivity index (χ0n) is 12.7. The molecule has 0 aliphatic rings. The Morgan fingerprint density at radius 3 is 2.36 bits per heavy atom. The Morgan fingerprint density at radius 1 is 0.955 bits per heavy atom. The maximum atomic E-state index is 11.8. The molecule has 0 fully saturated rings. The van der Waals surface area contributed by atoms with E-state index in [9.17, 15) is 4.79 Å². The van der Waals surface area contributed by atoms with Crippen LogP contribution in [0.5, 0.6) is 5.75 Å². The Labute approximate surface area is 129 Å². The highest BCUT2D eigenvalue weighted by atomic mass is 16.7. The quantitative estimate of drug-likeness (QED) is 0.380. The lowest BCUT2D eigenvalue weighted by molar-refractivity contribution is 0.0890. The van der Waals surface area contributed by atoms with Crippen LogP contribution in [0.25, 0.3) is 21.5 Å². The molecule has 3 aromatic carbocycles.